The largest absolute Gasteiger partial charge is 0.366 e. The van der Waals surface area contributed by atoms with E-state index in [0.717, 1.165) is 37.1 Å². The fourth-order valence-electron chi connectivity index (χ4n) is 3.60. The van der Waals surface area contributed by atoms with E-state index in [1.54, 1.807) is 23.5 Å². The van der Waals surface area contributed by atoms with Crippen LogP contribution in [0.5, 0.6) is 0 Å². The molecule has 136 valence electrons. The number of aromatic nitrogens is 3. The lowest BCUT2D eigenvalue weighted by atomic mass is 9.97. The van der Waals surface area contributed by atoms with Crippen LogP contribution in [0.3, 0.4) is 0 Å². The van der Waals surface area contributed by atoms with Crippen molar-refractivity contribution in [1.29, 1.82) is 0 Å². The van der Waals surface area contributed by atoms with Crippen molar-refractivity contribution in [1.82, 2.24) is 19.9 Å². The number of primary amides is 1. The number of rotatable bonds is 4. The molecule has 4 rings (SSSR count). The van der Waals surface area contributed by atoms with Crippen LogP contribution in [0.1, 0.15) is 48.0 Å². The lowest BCUT2D eigenvalue weighted by Crippen LogP contribution is -2.37. The summed E-state index contributed by atoms with van der Waals surface area (Å²) in [5.74, 6) is 0.745. The zero-order valence-electron chi connectivity index (χ0n) is 15.0. The van der Waals surface area contributed by atoms with E-state index in [2.05, 4.69) is 28.7 Å². The second kappa shape index (κ2) is 6.81. The summed E-state index contributed by atoms with van der Waals surface area (Å²) in [5.41, 5.74) is 8.13. The van der Waals surface area contributed by atoms with Crippen molar-refractivity contribution in [3.05, 3.63) is 34.2 Å². The number of carbonyl (C=O) groups excluding carboxylic acids is 1. The molecule has 1 amide bonds. The number of nitrogens with one attached hydrogen (secondary N) is 1. The smallest absolute Gasteiger partial charge is 0.250 e. The Balaban J connectivity index is 1.58. The third kappa shape index (κ3) is 3.12. The average molecular weight is 369 g/mol. The van der Waals surface area contributed by atoms with Crippen LogP contribution in [0.25, 0.3) is 22.6 Å². The fourth-order valence-corrected chi connectivity index (χ4v) is 4.57. The average Bonchev–Trinajstić information content (AvgIpc) is 3.28. The lowest BCUT2D eigenvalue weighted by molar-refractivity contribution is 0.100. The highest BCUT2D eigenvalue weighted by Crippen LogP contribution is 2.33. The number of aromatic amines is 1. The number of hydrogen-bond acceptors (Lipinski definition) is 5. The molecule has 0 aliphatic carbocycles. The van der Waals surface area contributed by atoms with Crippen LogP contribution < -0.4 is 5.73 Å². The fraction of sp³-hybridized carbons (Fsp3) is 0.421. The molecule has 0 saturated carbocycles. The zero-order chi connectivity index (χ0) is 18.3. The summed E-state index contributed by atoms with van der Waals surface area (Å²) >= 11 is 1.70. The van der Waals surface area contributed by atoms with E-state index in [4.69, 9.17) is 10.7 Å². The molecule has 1 saturated heterocycles. The second-order valence-corrected chi connectivity index (χ2v) is 8.02. The second-order valence-electron chi connectivity index (χ2n) is 7.13. The van der Waals surface area contributed by atoms with Crippen molar-refractivity contribution in [2.24, 2.45) is 5.73 Å². The van der Waals surface area contributed by atoms with E-state index in [-0.39, 0.29) is 0 Å². The standard InChI is InChI=1S/C19H23N5OS/c1-11(2)24-8-6-12(7-9-24)19-22-15(10-26-19)18-21-14-5-3-4-13(17(20)25)16(14)23-18/h3-5,10-12H,6-9H2,1-2H3,(H2,20,25)(H,21,23). The molecule has 1 fully saturated rings. The van der Waals surface area contributed by atoms with Gasteiger partial charge in [-0.3, -0.25) is 4.79 Å². The molecule has 0 unspecified atom stereocenters. The number of likely N-dealkylation sites (tertiary alicyclic amines) is 1. The maximum absolute atomic E-state index is 11.6. The summed E-state index contributed by atoms with van der Waals surface area (Å²) in [4.78, 5) is 26.8. The molecule has 2 aromatic heterocycles. The molecule has 0 spiro atoms. The highest BCUT2D eigenvalue weighted by atomic mass is 32.1. The van der Waals surface area contributed by atoms with E-state index >= 15 is 0 Å². The highest BCUT2D eigenvalue weighted by Gasteiger charge is 2.24. The van der Waals surface area contributed by atoms with Gasteiger partial charge >= 0.3 is 0 Å². The van der Waals surface area contributed by atoms with Crippen molar-refractivity contribution in [2.45, 2.75) is 38.6 Å². The Labute approximate surface area is 156 Å². The summed E-state index contributed by atoms with van der Waals surface area (Å²) in [6.07, 6.45) is 2.30. The van der Waals surface area contributed by atoms with E-state index in [0.29, 0.717) is 28.9 Å². The van der Waals surface area contributed by atoms with Gasteiger partial charge < -0.3 is 15.6 Å². The van der Waals surface area contributed by atoms with Gasteiger partial charge in [-0.15, -0.1) is 11.3 Å². The molecule has 1 aliphatic heterocycles. The molecule has 0 atom stereocenters. The van der Waals surface area contributed by atoms with E-state index < -0.39 is 5.91 Å². The van der Waals surface area contributed by atoms with E-state index in [1.807, 2.05) is 11.4 Å². The number of benzene rings is 1. The van der Waals surface area contributed by atoms with Crippen LogP contribution in [-0.4, -0.2) is 44.9 Å². The molecule has 3 aromatic rings. The topological polar surface area (TPSA) is 87.9 Å². The maximum atomic E-state index is 11.6. The quantitative estimate of drug-likeness (QED) is 0.738. The van der Waals surface area contributed by atoms with Gasteiger partial charge in [-0.25, -0.2) is 9.97 Å². The van der Waals surface area contributed by atoms with Gasteiger partial charge in [0.2, 0.25) is 0 Å². The number of nitrogens with two attached hydrogens (primary N) is 1. The Morgan fingerprint density at radius 3 is 2.77 bits per heavy atom. The molecule has 3 N–H and O–H groups in total. The minimum absolute atomic E-state index is 0.432. The molecule has 0 radical (unpaired) electrons. The number of para-hydroxylation sites is 1. The Morgan fingerprint density at radius 1 is 1.31 bits per heavy atom. The highest BCUT2D eigenvalue weighted by molar-refractivity contribution is 7.10. The van der Waals surface area contributed by atoms with Gasteiger partial charge in [0.25, 0.3) is 5.91 Å². The van der Waals surface area contributed by atoms with Crippen LogP contribution in [0, 0.1) is 0 Å². The van der Waals surface area contributed by atoms with Crippen molar-refractivity contribution in [2.75, 3.05) is 13.1 Å². The summed E-state index contributed by atoms with van der Waals surface area (Å²) in [6.45, 7) is 6.77. The monoisotopic (exact) mass is 369 g/mol. The summed E-state index contributed by atoms with van der Waals surface area (Å²) in [7, 11) is 0. The number of H-pyrrole nitrogens is 1. The predicted octanol–water partition coefficient (Wildman–Crippen LogP) is 3.37. The molecule has 6 nitrogen and oxygen atoms in total. The van der Waals surface area contributed by atoms with Crippen LogP contribution in [0.4, 0.5) is 0 Å². The number of nitrogens with zero attached hydrogens (tertiary/aromatic N) is 3. The van der Waals surface area contributed by atoms with Gasteiger partial charge in [0.1, 0.15) is 11.2 Å². The first-order valence-corrected chi connectivity index (χ1v) is 9.89. The number of fused-ring (bicyclic) bond motifs is 1. The van der Waals surface area contributed by atoms with Crippen LogP contribution in [-0.2, 0) is 0 Å². The minimum atomic E-state index is -0.468. The Hall–Kier alpha value is -2.25. The minimum Gasteiger partial charge on any atom is -0.366 e. The van der Waals surface area contributed by atoms with E-state index in [9.17, 15) is 4.79 Å². The zero-order valence-corrected chi connectivity index (χ0v) is 15.8. The molecule has 3 heterocycles. The van der Waals surface area contributed by atoms with Crippen molar-refractivity contribution < 1.29 is 4.79 Å². The first-order valence-electron chi connectivity index (χ1n) is 9.01. The Bertz CT molecular complexity index is 936. The maximum Gasteiger partial charge on any atom is 0.250 e. The number of thiazole rings is 1. The van der Waals surface area contributed by atoms with Crippen molar-refractivity contribution >= 4 is 28.3 Å². The summed E-state index contributed by atoms with van der Waals surface area (Å²) < 4.78 is 0. The molecule has 0 bridgehead atoms. The van der Waals surface area contributed by atoms with Gasteiger partial charge in [0.05, 0.1) is 16.1 Å². The van der Waals surface area contributed by atoms with Crippen molar-refractivity contribution in [3.63, 3.8) is 0 Å². The molecular weight excluding hydrogens is 346 g/mol. The van der Waals surface area contributed by atoms with Crippen molar-refractivity contribution in [3.8, 4) is 11.5 Å². The lowest BCUT2D eigenvalue weighted by Gasteiger charge is -2.33. The number of piperidine rings is 1. The summed E-state index contributed by atoms with van der Waals surface area (Å²) in [5, 5.41) is 3.23. The van der Waals surface area contributed by atoms with Crippen LogP contribution in [0.15, 0.2) is 23.6 Å². The predicted molar refractivity (Wildman–Crippen MR) is 104 cm³/mol. The number of amides is 1. The first-order chi connectivity index (χ1) is 12.5. The van der Waals surface area contributed by atoms with Crippen LogP contribution >= 0.6 is 11.3 Å². The molecule has 7 heteroatoms. The molecule has 1 aromatic carbocycles. The Morgan fingerprint density at radius 2 is 2.08 bits per heavy atom. The van der Waals surface area contributed by atoms with Gasteiger partial charge in [-0.2, -0.15) is 0 Å². The molecule has 1 aliphatic rings. The first kappa shape index (κ1) is 17.2. The summed E-state index contributed by atoms with van der Waals surface area (Å²) in [6, 6.07) is 6.01. The Kier molecular flexibility index (Phi) is 4.50. The SMILES string of the molecule is CC(C)N1CCC(c2nc(-c3nc4c(C(N)=O)cccc4[nH]3)cs2)CC1. The van der Waals surface area contributed by atoms with Gasteiger partial charge in [-0.1, -0.05) is 6.07 Å². The third-order valence-electron chi connectivity index (χ3n) is 5.15. The van der Waals surface area contributed by atoms with E-state index in [1.165, 1.54) is 5.01 Å². The normalized spacial score (nSPS) is 16.6. The van der Waals surface area contributed by atoms with Gasteiger partial charge in [0, 0.05) is 17.3 Å². The third-order valence-corrected chi connectivity index (χ3v) is 6.16. The van der Waals surface area contributed by atoms with Gasteiger partial charge in [0.15, 0.2) is 5.82 Å². The molecular formula is C19H23N5OS. The number of hydrogen-bond donors (Lipinski definition) is 2. The van der Waals surface area contributed by atoms with Crippen LogP contribution in [0.2, 0.25) is 0 Å². The van der Waals surface area contributed by atoms with Gasteiger partial charge in [-0.05, 0) is 51.9 Å². The number of imidazole rings is 1. The molecule has 26 heavy (non-hydrogen) atoms. The number of carbonyl (C=O) groups is 1.